The Labute approximate surface area is 258 Å². The Morgan fingerprint density at radius 3 is 0.975 bits per heavy atom. The fraction of sp³-hybridized carbons (Fsp3) is 0.222. The zero-order valence-corrected chi connectivity index (χ0v) is 26.2. The van der Waals surface area contributed by atoms with Crippen molar-refractivity contribution in [3.05, 3.63) is 86.2 Å². The second kappa shape index (κ2) is 16.9. The third-order valence-electron chi connectivity index (χ3n) is 5.45. The Morgan fingerprint density at radius 1 is 0.475 bits per heavy atom. The SMILES string of the molecule is O=C(NCCN(CCNC(=O)Nc1ccc(Br)cc1)CCNC(=O)Nc1ccc(Br)cc1)Nc1ccc(Br)cc1. The summed E-state index contributed by atoms with van der Waals surface area (Å²) in [7, 11) is 0. The Bertz CT molecular complexity index is 1090. The van der Waals surface area contributed by atoms with E-state index in [0.29, 0.717) is 56.3 Å². The van der Waals surface area contributed by atoms with Gasteiger partial charge in [-0.15, -0.1) is 0 Å². The van der Waals surface area contributed by atoms with Crippen molar-refractivity contribution in [2.24, 2.45) is 0 Å². The van der Waals surface area contributed by atoms with Crippen molar-refractivity contribution in [2.75, 3.05) is 55.2 Å². The molecule has 0 heterocycles. The molecule has 0 saturated heterocycles. The van der Waals surface area contributed by atoms with Crippen LogP contribution in [0, 0.1) is 0 Å². The summed E-state index contributed by atoms with van der Waals surface area (Å²) < 4.78 is 2.77. The number of hydrogen-bond acceptors (Lipinski definition) is 4. The molecule has 212 valence electrons. The van der Waals surface area contributed by atoms with Crippen LogP contribution in [-0.2, 0) is 0 Å². The first-order valence-electron chi connectivity index (χ1n) is 12.4. The molecule has 0 unspecified atom stereocenters. The van der Waals surface area contributed by atoms with Gasteiger partial charge in [0.25, 0.3) is 0 Å². The number of carbonyl (C=O) groups excluding carboxylic acids is 3. The van der Waals surface area contributed by atoms with Crippen LogP contribution in [-0.4, -0.2) is 62.3 Å². The number of nitrogens with one attached hydrogen (secondary N) is 6. The maximum Gasteiger partial charge on any atom is 0.319 e. The van der Waals surface area contributed by atoms with Gasteiger partial charge in [-0.25, -0.2) is 14.4 Å². The highest BCUT2D eigenvalue weighted by Gasteiger charge is 2.10. The summed E-state index contributed by atoms with van der Waals surface area (Å²) in [5, 5.41) is 16.9. The molecule has 0 radical (unpaired) electrons. The highest BCUT2D eigenvalue weighted by Crippen LogP contribution is 2.15. The van der Waals surface area contributed by atoms with Crippen LogP contribution in [0.1, 0.15) is 0 Å². The maximum atomic E-state index is 12.3. The summed E-state index contributed by atoms with van der Waals surface area (Å²) in [4.78, 5) is 38.9. The monoisotopic (exact) mass is 737 g/mol. The molecule has 0 saturated carbocycles. The fourth-order valence-corrected chi connectivity index (χ4v) is 4.24. The molecular weight excluding hydrogens is 710 g/mol. The smallest absolute Gasteiger partial charge is 0.319 e. The van der Waals surface area contributed by atoms with Gasteiger partial charge >= 0.3 is 18.1 Å². The number of amides is 6. The summed E-state index contributed by atoms with van der Waals surface area (Å²) in [5.41, 5.74) is 2.04. The zero-order valence-electron chi connectivity index (χ0n) is 21.5. The van der Waals surface area contributed by atoms with Crippen molar-refractivity contribution in [3.63, 3.8) is 0 Å². The average Bonchev–Trinajstić information content (AvgIpc) is 2.92. The molecule has 0 aliphatic carbocycles. The van der Waals surface area contributed by atoms with Gasteiger partial charge in [-0.1, -0.05) is 47.8 Å². The van der Waals surface area contributed by atoms with Gasteiger partial charge in [-0.05, 0) is 72.8 Å². The topological polar surface area (TPSA) is 127 Å². The number of halogens is 3. The van der Waals surface area contributed by atoms with E-state index in [1.54, 1.807) is 36.4 Å². The first-order valence-corrected chi connectivity index (χ1v) is 14.8. The minimum absolute atomic E-state index is 0.318. The van der Waals surface area contributed by atoms with E-state index in [-0.39, 0.29) is 18.1 Å². The first kappa shape index (κ1) is 31.4. The lowest BCUT2D eigenvalue weighted by atomic mass is 10.3. The molecule has 6 amide bonds. The Balaban J connectivity index is 1.44. The van der Waals surface area contributed by atoms with Crippen molar-refractivity contribution >= 4 is 82.9 Å². The van der Waals surface area contributed by atoms with Gasteiger partial charge in [0.15, 0.2) is 0 Å². The number of anilines is 3. The molecule has 3 aromatic carbocycles. The van der Waals surface area contributed by atoms with Crippen LogP contribution in [0.4, 0.5) is 31.4 Å². The average molecular weight is 740 g/mol. The second-order valence-corrected chi connectivity index (χ2v) is 11.3. The van der Waals surface area contributed by atoms with Crippen LogP contribution in [0.3, 0.4) is 0 Å². The van der Waals surface area contributed by atoms with Crippen molar-refractivity contribution in [1.82, 2.24) is 20.9 Å². The van der Waals surface area contributed by atoms with Crippen molar-refractivity contribution in [3.8, 4) is 0 Å². The number of nitrogens with zero attached hydrogens (tertiary/aromatic N) is 1. The van der Waals surface area contributed by atoms with E-state index in [2.05, 4.69) is 79.7 Å². The molecule has 6 N–H and O–H groups in total. The van der Waals surface area contributed by atoms with Crippen LogP contribution in [0.2, 0.25) is 0 Å². The molecule has 3 rings (SSSR count). The van der Waals surface area contributed by atoms with Crippen molar-refractivity contribution < 1.29 is 14.4 Å². The van der Waals surface area contributed by atoms with Gasteiger partial charge in [0.2, 0.25) is 0 Å². The largest absolute Gasteiger partial charge is 0.337 e. The van der Waals surface area contributed by atoms with Gasteiger partial charge in [0.05, 0.1) is 0 Å². The van der Waals surface area contributed by atoms with Crippen LogP contribution in [0.25, 0.3) is 0 Å². The molecule has 10 nitrogen and oxygen atoms in total. The molecule has 40 heavy (non-hydrogen) atoms. The van der Waals surface area contributed by atoms with Gasteiger partial charge in [0, 0.05) is 69.7 Å². The fourth-order valence-electron chi connectivity index (χ4n) is 3.44. The Hall–Kier alpha value is -3.13. The second-order valence-electron chi connectivity index (χ2n) is 8.51. The third-order valence-corrected chi connectivity index (χ3v) is 7.03. The molecule has 0 aromatic heterocycles. The molecule has 0 spiro atoms. The standard InChI is InChI=1S/C27H30Br3N7O3/c28-19-1-7-22(8-2-19)34-25(38)31-13-16-37(17-14-32-26(39)35-23-9-3-20(29)4-10-23)18-15-33-27(40)36-24-11-5-21(30)6-12-24/h1-12H,13-18H2,(H2,31,34,38)(H2,32,35,39)(H2,33,36,40). The quantitative estimate of drug-likeness (QED) is 0.136. The minimum atomic E-state index is -0.318. The lowest BCUT2D eigenvalue weighted by Crippen LogP contribution is -2.44. The maximum absolute atomic E-state index is 12.3. The van der Waals surface area contributed by atoms with Gasteiger partial charge in [0.1, 0.15) is 0 Å². The zero-order chi connectivity index (χ0) is 28.7. The Morgan fingerprint density at radius 2 is 0.725 bits per heavy atom. The lowest BCUT2D eigenvalue weighted by molar-refractivity contribution is 0.238. The number of benzene rings is 3. The van der Waals surface area contributed by atoms with Crippen molar-refractivity contribution in [1.29, 1.82) is 0 Å². The van der Waals surface area contributed by atoms with Crippen LogP contribution in [0.15, 0.2) is 86.2 Å². The van der Waals surface area contributed by atoms with Gasteiger partial charge in [-0.3, -0.25) is 4.90 Å². The molecule has 0 bridgehead atoms. The Kier molecular flexibility index (Phi) is 13.2. The van der Waals surface area contributed by atoms with E-state index in [9.17, 15) is 14.4 Å². The van der Waals surface area contributed by atoms with E-state index in [1.165, 1.54) is 0 Å². The van der Waals surface area contributed by atoms with Crippen LogP contribution < -0.4 is 31.9 Å². The van der Waals surface area contributed by atoms with Crippen molar-refractivity contribution in [2.45, 2.75) is 0 Å². The van der Waals surface area contributed by atoms with Gasteiger partial charge < -0.3 is 31.9 Å². The summed E-state index contributed by atoms with van der Waals surface area (Å²) in [6, 6.07) is 20.9. The van der Waals surface area contributed by atoms with Crippen LogP contribution in [0.5, 0.6) is 0 Å². The lowest BCUT2D eigenvalue weighted by Gasteiger charge is -2.23. The van der Waals surface area contributed by atoms with Crippen LogP contribution >= 0.6 is 47.8 Å². The molecule has 0 aliphatic rings. The third kappa shape index (κ3) is 12.4. The van der Waals surface area contributed by atoms with E-state index >= 15 is 0 Å². The molecule has 0 fully saturated rings. The van der Waals surface area contributed by atoms with E-state index in [1.807, 2.05) is 41.3 Å². The normalized spacial score (nSPS) is 10.5. The molecule has 13 heteroatoms. The van der Waals surface area contributed by atoms with Gasteiger partial charge in [-0.2, -0.15) is 0 Å². The summed E-state index contributed by atoms with van der Waals surface area (Å²) in [5.74, 6) is 0. The molecule has 3 aromatic rings. The van der Waals surface area contributed by atoms with E-state index in [4.69, 9.17) is 0 Å². The highest BCUT2D eigenvalue weighted by atomic mass is 79.9. The number of urea groups is 3. The van der Waals surface area contributed by atoms with E-state index < -0.39 is 0 Å². The highest BCUT2D eigenvalue weighted by molar-refractivity contribution is 9.11. The van der Waals surface area contributed by atoms with E-state index in [0.717, 1.165) is 13.4 Å². The summed E-state index contributed by atoms with van der Waals surface area (Å²) in [6.07, 6.45) is 0. The minimum Gasteiger partial charge on any atom is -0.337 e. The molecule has 0 aliphatic heterocycles. The number of rotatable bonds is 12. The summed E-state index contributed by atoms with van der Waals surface area (Å²) >= 11 is 10.1. The molecule has 0 atom stereocenters. The predicted octanol–water partition coefficient (Wildman–Crippen LogP) is 6.04. The number of carbonyl (C=O) groups is 3. The first-order chi connectivity index (χ1) is 19.3. The number of hydrogen-bond donors (Lipinski definition) is 6. The molecular formula is C27H30Br3N7O3. The predicted molar refractivity (Wildman–Crippen MR) is 170 cm³/mol. The summed E-state index contributed by atoms with van der Waals surface area (Å²) in [6.45, 7) is 2.66.